The van der Waals surface area contributed by atoms with Gasteiger partial charge < -0.3 is 19.7 Å². The standard InChI is InChI=1S/C30H39N3O6S.Na/c1-3-4-5-6-7-8-9-10-11-14-19-39-28-16-13-12-15-25(28)32-33-26-18-17-23-20-24(40(36,37)38)21-27(31-22(2)34)29(23)30(26)35;/h12-13,15-18,20-21,35H,3-11,14,19H2,1-2H3,(H,31,34)(H,36,37,38);/q;+1/p-1. The fourth-order valence-corrected chi connectivity index (χ4v) is 5.00. The third-order valence-corrected chi connectivity index (χ3v) is 7.34. The van der Waals surface area contributed by atoms with Crippen LogP contribution in [0.15, 0.2) is 63.7 Å². The Morgan fingerprint density at radius 2 is 1.51 bits per heavy atom. The van der Waals surface area contributed by atoms with Gasteiger partial charge in [-0.25, -0.2) is 8.42 Å². The Balaban J connectivity index is 0.00000588. The van der Waals surface area contributed by atoms with E-state index < -0.39 is 20.9 Å². The molecule has 0 aromatic heterocycles. The first-order valence-electron chi connectivity index (χ1n) is 13.9. The molecule has 216 valence electrons. The molecule has 11 heteroatoms. The molecule has 3 rings (SSSR count). The van der Waals surface area contributed by atoms with Crippen LogP contribution in [-0.4, -0.2) is 30.6 Å². The molecule has 0 aliphatic rings. The fourth-order valence-electron chi connectivity index (χ4n) is 4.46. The van der Waals surface area contributed by atoms with Crippen LogP contribution in [-0.2, 0) is 14.9 Å². The molecule has 0 fully saturated rings. The molecule has 0 unspecified atom stereocenters. The molecule has 0 bridgehead atoms. The molecular formula is C30H38N3NaO6S. The van der Waals surface area contributed by atoms with Gasteiger partial charge in [-0.15, -0.1) is 10.2 Å². The number of benzene rings is 3. The number of aromatic hydroxyl groups is 1. The Hall–Kier alpha value is -2.50. The molecule has 0 radical (unpaired) electrons. The van der Waals surface area contributed by atoms with E-state index in [1.807, 2.05) is 18.2 Å². The van der Waals surface area contributed by atoms with E-state index in [9.17, 15) is 22.9 Å². The molecular weight excluding hydrogens is 553 g/mol. The van der Waals surface area contributed by atoms with Crippen molar-refractivity contribution >= 4 is 43.9 Å². The van der Waals surface area contributed by atoms with Gasteiger partial charge in [0.15, 0.2) is 5.75 Å². The SMILES string of the molecule is CCCCCCCCCCCCOc1ccccc1N=Nc1ccc2cc(S(=O)(=O)[O-])cc(NC(C)=O)c2c1O.[Na+]. The van der Waals surface area contributed by atoms with Crippen LogP contribution in [0.25, 0.3) is 10.8 Å². The van der Waals surface area contributed by atoms with Crippen LogP contribution in [0, 0.1) is 0 Å². The monoisotopic (exact) mass is 591 g/mol. The zero-order valence-electron chi connectivity index (χ0n) is 24.2. The van der Waals surface area contributed by atoms with E-state index in [0.29, 0.717) is 18.0 Å². The van der Waals surface area contributed by atoms with E-state index in [1.54, 1.807) is 6.07 Å². The summed E-state index contributed by atoms with van der Waals surface area (Å²) in [6.07, 6.45) is 12.4. The number of phenols is 1. The van der Waals surface area contributed by atoms with Crippen LogP contribution >= 0.6 is 0 Å². The number of hydrogen-bond acceptors (Lipinski definition) is 8. The van der Waals surface area contributed by atoms with Crippen LogP contribution < -0.4 is 39.6 Å². The number of nitrogens with one attached hydrogen (secondary N) is 1. The predicted molar refractivity (Wildman–Crippen MR) is 156 cm³/mol. The Morgan fingerprint density at radius 3 is 2.15 bits per heavy atom. The molecule has 9 nitrogen and oxygen atoms in total. The summed E-state index contributed by atoms with van der Waals surface area (Å²) in [7, 11) is -4.79. The summed E-state index contributed by atoms with van der Waals surface area (Å²) in [5.41, 5.74) is 0.569. The van der Waals surface area contributed by atoms with Crippen molar-refractivity contribution in [1.82, 2.24) is 0 Å². The van der Waals surface area contributed by atoms with Crippen LogP contribution in [0.2, 0.25) is 0 Å². The molecule has 3 aromatic carbocycles. The van der Waals surface area contributed by atoms with Crippen molar-refractivity contribution in [2.45, 2.75) is 83.0 Å². The maximum atomic E-state index is 11.7. The summed E-state index contributed by atoms with van der Waals surface area (Å²) in [5.74, 6) is -0.239. The van der Waals surface area contributed by atoms with Gasteiger partial charge in [-0.3, -0.25) is 4.79 Å². The molecule has 0 spiro atoms. The molecule has 2 N–H and O–H groups in total. The quantitative estimate of drug-likeness (QED) is 0.102. The second kappa shape index (κ2) is 17.5. The number of carbonyl (C=O) groups excluding carboxylic acids is 1. The van der Waals surface area contributed by atoms with Crippen LogP contribution in [0.3, 0.4) is 0 Å². The molecule has 0 atom stereocenters. The first-order valence-corrected chi connectivity index (χ1v) is 15.3. The number of azo groups is 1. The Morgan fingerprint density at radius 1 is 0.902 bits per heavy atom. The van der Waals surface area contributed by atoms with Crippen molar-refractivity contribution in [2.75, 3.05) is 11.9 Å². The van der Waals surface area contributed by atoms with Crippen molar-refractivity contribution in [1.29, 1.82) is 0 Å². The zero-order chi connectivity index (χ0) is 29.0. The molecule has 0 heterocycles. The maximum Gasteiger partial charge on any atom is 1.00 e. The third-order valence-electron chi connectivity index (χ3n) is 6.53. The molecule has 0 saturated heterocycles. The number of rotatable bonds is 16. The van der Waals surface area contributed by atoms with Gasteiger partial charge in [0.1, 0.15) is 27.2 Å². The van der Waals surface area contributed by atoms with Gasteiger partial charge in [0, 0.05) is 12.3 Å². The maximum absolute atomic E-state index is 11.7. The van der Waals surface area contributed by atoms with Gasteiger partial charge in [0.25, 0.3) is 0 Å². The Labute approximate surface area is 264 Å². The zero-order valence-corrected chi connectivity index (χ0v) is 27.0. The van der Waals surface area contributed by atoms with Gasteiger partial charge >= 0.3 is 29.6 Å². The second-order valence-electron chi connectivity index (χ2n) is 9.84. The molecule has 3 aromatic rings. The number of unbranched alkanes of at least 4 members (excludes halogenated alkanes) is 9. The predicted octanol–water partition coefficient (Wildman–Crippen LogP) is 5.13. The van der Waals surface area contributed by atoms with E-state index in [2.05, 4.69) is 22.5 Å². The molecule has 41 heavy (non-hydrogen) atoms. The minimum atomic E-state index is -4.79. The van der Waals surface area contributed by atoms with E-state index in [0.717, 1.165) is 25.0 Å². The number of phenolic OH excluding ortho intramolecular Hbond substituents is 1. The van der Waals surface area contributed by atoms with Crippen LogP contribution in [0.5, 0.6) is 11.5 Å². The number of ether oxygens (including phenoxy) is 1. The van der Waals surface area contributed by atoms with E-state index in [4.69, 9.17) is 4.74 Å². The molecule has 0 aliphatic carbocycles. The van der Waals surface area contributed by atoms with Crippen molar-refractivity contribution in [3.63, 3.8) is 0 Å². The number of amides is 1. The number of hydrogen-bond donors (Lipinski definition) is 2. The number of para-hydroxylation sites is 1. The van der Waals surface area contributed by atoms with Gasteiger partial charge in [-0.2, -0.15) is 0 Å². The van der Waals surface area contributed by atoms with Crippen LogP contribution in [0.1, 0.15) is 78.1 Å². The van der Waals surface area contributed by atoms with Crippen molar-refractivity contribution in [3.05, 3.63) is 48.5 Å². The van der Waals surface area contributed by atoms with Gasteiger partial charge in [0.2, 0.25) is 5.91 Å². The molecule has 0 saturated carbocycles. The normalized spacial score (nSPS) is 11.5. The first-order chi connectivity index (χ1) is 19.2. The first kappa shape index (κ1) is 34.7. The Bertz CT molecular complexity index is 1430. The summed E-state index contributed by atoms with van der Waals surface area (Å²) < 4.78 is 40.7. The van der Waals surface area contributed by atoms with Crippen molar-refractivity contribution in [3.8, 4) is 11.5 Å². The summed E-state index contributed by atoms with van der Waals surface area (Å²) in [4.78, 5) is 11.2. The van der Waals surface area contributed by atoms with Gasteiger partial charge in [0.05, 0.1) is 17.2 Å². The average molecular weight is 592 g/mol. The second-order valence-corrected chi connectivity index (χ2v) is 11.2. The van der Waals surface area contributed by atoms with E-state index in [1.165, 1.54) is 70.4 Å². The number of fused-ring (bicyclic) bond motifs is 1. The van der Waals surface area contributed by atoms with Crippen molar-refractivity contribution < 1.29 is 57.2 Å². The number of anilines is 1. The summed E-state index contributed by atoms with van der Waals surface area (Å²) in [6, 6.07) is 12.3. The number of nitrogens with zero attached hydrogens (tertiary/aromatic N) is 2. The van der Waals surface area contributed by atoms with Gasteiger partial charge in [-0.1, -0.05) is 82.9 Å². The smallest absolute Gasteiger partial charge is 0.744 e. The largest absolute Gasteiger partial charge is 1.00 e. The third kappa shape index (κ3) is 11.0. The summed E-state index contributed by atoms with van der Waals surface area (Å²) >= 11 is 0. The fraction of sp³-hybridized carbons (Fsp3) is 0.433. The average Bonchev–Trinajstić information content (AvgIpc) is 2.91. The van der Waals surface area contributed by atoms with E-state index >= 15 is 0 Å². The topological polar surface area (TPSA) is 140 Å². The number of carbonyl (C=O) groups is 1. The van der Waals surface area contributed by atoms with E-state index in [-0.39, 0.29) is 57.5 Å². The minimum absolute atomic E-state index is 0. The summed E-state index contributed by atoms with van der Waals surface area (Å²) in [5, 5.41) is 22.3. The Kier molecular flexibility index (Phi) is 14.8. The van der Waals surface area contributed by atoms with Crippen molar-refractivity contribution in [2.24, 2.45) is 10.2 Å². The van der Waals surface area contributed by atoms with Gasteiger partial charge in [-0.05, 0) is 42.1 Å². The molecule has 0 aliphatic heterocycles. The summed E-state index contributed by atoms with van der Waals surface area (Å²) in [6.45, 7) is 4.03. The molecule has 1 amide bonds. The minimum Gasteiger partial charge on any atom is -0.744 e. The van der Waals surface area contributed by atoms with Crippen LogP contribution in [0.4, 0.5) is 17.1 Å².